The van der Waals surface area contributed by atoms with Crippen molar-refractivity contribution in [3.8, 4) is 34.5 Å². The molecule has 10 nitrogen and oxygen atoms in total. The topological polar surface area (TPSA) is 124 Å². The van der Waals surface area contributed by atoms with Crippen LogP contribution in [0, 0.1) is 0 Å². The number of carbonyl (C=O) groups is 4. The van der Waals surface area contributed by atoms with E-state index in [1.807, 2.05) is 0 Å². The summed E-state index contributed by atoms with van der Waals surface area (Å²) in [6, 6.07) is 30.2. The minimum atomic E-state index is -0.694. The van der Waals surface area contributed by atoms with Gasteiger partial charge in [0.15, 0.2) is 0 Å². The summed E-state index contributed by atoms with van der Waals surface area (Å²) < 4.78 is 34.6. The van der Waals surface area contributed by atoms with E-state index in [4.69, 9.17) is 28.4 Å². The Labute approximate surface area is 443 Å². The second-order valence-corrected chi connectivity index (χ2v) is 19.6. The molecule has 0 spiro atoms. The van der Waals surface area contributed by atoms with Crippen molar-refractivity contribution in [2.45, 2.75) is 168 Å². The van der Waals surface area contributed by atoms with Crippen LogP contribution in [0.1, 0.15) is 209 Å². The highest BCUT2D eigenvalue weighted by Gasteiger charge is 2.17. The van der Waals surface area contributed by atoms with E-state index in [1.165, 1.54) is 183 Å². The van der Waals surface area contributed by atoms with Gasteiger partial charge in [-0.15, -0.1) is 0 Å². The Morgan fingerprint density at radius 3 is 0.904 bits per heavy atom. The van der Waals surface area contributed by atoms with Crippen molar-refractivity contribution < 1.29 is 47.6 Å². The van der Waals surface area contributed by atoms with E-state index in [2.05, 4.69) is 29.8 Å². The number of halogens is 1. The summed E-state index contributed by atoms with van der Waals surface area (Å²) in [6.07, 6.45) is 31.0. The third kappa shape index (κ3) is 22.8. The van der Waals surface area contributed by atoms with Crippen LogP contribution < -0.4 is 28.4 Å². The van der Waals surface area contributed by atoms with E-state index in [1.54, 1.807) is 60.7 Å². The van der Waals surface area contributed by atoms with Crippen molar-refractivity contribution in [2.75, 3.05) is 13.2 Å². The number of esters is 4. The van der Waals surface area contributed by atoms with Gasteiger partial charge in [-0.3, -0.25) is 0 Å². The summed E-state index contributed by atoms with van der Waals surface area (Å²) in [4.78, 5) is 52.1. The highest BCUT2D eigenvalue weighted by Crippen LogP contribution is 2.31. The van der Waals surface area contributed by atoms with Crippen LogP contribution in [0.3, 0.4) is 0 Å². The summed E-state index contributed by atoms with van der Waals surface area (Å²) in [5.74, 6) is -0.123. The van der Waals surface area contributed by atoms with Gasteiger partial charge in [0.2, 0.25) is 0 Å². The zero-order chi connectivity index (χ0) is 51.7. The molecule has 0 aromatic heterocycles. The first-order chi connectivity index (χ1) is 35.7. The Balaban J connectivity index is 0.967. The fraction of sp³-hybridized carbons (Fsp3) is 0.452. The van der Waals surface area contributed by atoms with Gasteiger partial charge in [0, 0.05) is 6.07 Å². The Bertz CT molecular complexity index is 2360. The summed E-state index contributed by atoms with van der Waals surface area (Å²) >= 11 is 3.39. The van der Waals surface area contributed by atoms with E-state index in [9.17, 15) is 19.2 Å². The van der Waals surface area contributed by atoms with Crippen LogP contribution in [0.5, 0.6) is 34.5 Å². The van der Waals surface area contributed by atoms with E-state index < -0.39 is 23.9 Å². The lowest BCUT2D eigenvalue weighted by Crippen LogP contribution is -2.12. The lowest BCUT2D eigenvalue weighted by Gasteiger charge is -2.10. The first-order valence-corrected chi connectivity index (χ1v) is 27.9. The molecule has 0 aliphatic carbocycles. The fourth-order valence-corrected chi connectivity index (χ4v) is 8.57. The van der Waals surface area contributed by atoms with Gasteiger partial charge in [-0.1, -0.05) is 155 Å². The van der Waals surface area contributed by atoms with Crippen molar-refractivity contribution in [3.05, 3.63) is 142 Å². The standard InChI is InChI=1S/C62H77BrO10/c1-3-5-7-9-11-13-15-17-19-21-23-25-45-68-52-35-39-54(40-36-52)70-59(64)48-27-29-50(30-28-48)61(66)72-56-43-44-57(63)58(47-56)73-62(67)51-33-31-49(32-34-51)60(65)71-55-41-37-53(38-42-55)69-46-26-24-22-20-18-16-14-12-10-8-6-4-2/h27-44,47H,3-26,45-46H2,1-2H3. The SMILES string of the molecule is CCCCCCCCCCCCCCOc1ccc(OC(=O)c2ccc(C(=O)Oc3ccc(Br)c(OC(=O)c4ccc(C(=O)Oc5ccc(OCCCCCCCCCCCCCC)cc5)cc4)c3)cc2)cc1. The van der Waals surface area contributed by atoms with Crippen LogP contribution in [-0.4, -0.2) is 37.1 Å². The molecule has 0 saturated heterocycles. The molecule has 0 atom stereocenters. The first kappa shape index (κ1) is 58.0. The van der Waals surface area contributed by atoms with Crippen molar-refractivity contribution in [2.24, 2.45) is 0 Å². The Morgan fingerprint density at radius 1 is 0.315 bits per heavy atom. The van der Waals surface area contributed by atoms with Crippen LogP contribution in [0.4, 0.5) is 0 Å². The molecule has 11 heteroatoms. The van der Waals surface area contributed by atoms with Crippen molar-refractivity contribution in [1.82, 2.24) is 0 Å². The molecule has 392 valence electrons. The minimum absolute atomic E-state index is 0.109. The smallest absolute Gasteiger partial charge is 0.343 e. The van der Waals surface area contributed by atoms with Crippen molar-refractivity contribution in [1.29, 1.82) is 0 Å². The number of benzene rings is 5. The molecule has 73 heavy (non-hydrogen) atoms. The molecule has 0 fully saturated rings. The van der Waals surface area contributed by atoms with E-state index >= 15 is 0 Å². The largest absolute Gasteiger partial charge is 0.494 e. The quantitative estimate of drug-likeness (QED) is 0.0218. The van der Waals surface area contributed by atoms with Crippen molar-refractivity contribution in [3.63, 3.8) is 0 Å². The number of rotatable bonds is 36. The summed E-state index contributed by atoms with van der Waals surface area (Å²) in [7, 11) is 0. The molecule has 5 aromatic carbocycles. The number of carbonyl (C=O) groups excluding carboxylic acids is 4. The molecule has 0 N–H and O–H groups in total. The average molecular weight is 1060 g/mol. The van der Waals surface area contributed by atoms with Gasteiger partial charge in [0.05, 0.1) is 39.9 Å². The van der Waals surface area contributed by atoms with Gasteiger partial charge >= 0.3 is 23.9 Å². The predicted molar refractivity (Wildman–Crippen MR) is 293 cm³/mol. The monoisotopic (exact) mass is 1060 g/mol. The first-order valence-electron chi connectivity index (χ1n) is 27.1. The van der Waals surface area contributed by atoms with Gasteiger partial charge in [-0.25, -0.2) is 19.2 Å². The van der Waals surface area contributed by atoms with Crippen LogP contribution in [0.15, 0.2) is 120 Å². The van der Waals surface area contributed by atoms with Gasteiger partial charge in [-0.05, 0) is 138 Å². The number of unbranched alkanes of at least 4 members (excludes halogenated alkanes) is 22. The molecule has 0 saturated carbocycles. The number of hydrogen-bond donors (Lipinski definition) is 0. The Kier molecular flexibility index (Phi) is 27.4. The van der Waals surface area contributed by atoms with Crippen LogP contribution in [0.2, 0.25) is 0 Å². The molecule has 5 rings (SSSR count). The summed E-state index contributed by atoms with van der Waals surface area (Å²) in [5.41, 5.74) is 0.879. The molecule has 5 aromatic rings. The van der Waals surface area contributed by atoms with E-state index in [0.29, 0.717) is 29.2 Å². The molecular weight excluding hydrogens is 985 g/mol. The molecule has 0 amide bonds. The highest BCUT2D eigenvalue weighted by molar-refractivity contribution is 9.10. The maximum atomic E-state index is 13.1. The summed E-state index contributed by atoms with van der Waals surface area (Å²) in [6.45, 7) is 5.80. The lowest BCUT2D eigenvalue weighted by atomic mass is 10.1. The van der Waals surface area contributed by atoms with Crippen LogP contribution >= 0.6 is 15.9 Å². The third-order valence-electron chi connectivity index (χ3n) is 12.6. The minimum Gasteiger partial charge on any atom is -0.494 e. The molecule has 0 aliphatic heterocycles. The second-order valence-electron chi connectivity index (χ2n) is 18.7. The van der Waals surface area contributed by atoms with E-state index in [0.717, 1.165) is 37.2 Å². The van der Waals surface area contributed by atoms with Crippen LogP contribution in [0.25, 0.3) is 0 Å². The molecule has 0 bridgehead atoms. The number of ether oxygens (including phenoxy) is 6. The fourth-order valence-electron chi connectivity index (χ4n) is 8.24. The Morgan fingerprint density at radius 2 is 0.575 bits per heavy atom. The number of hydrogen-bond acceptors (Lipinski definition) is 10. The molecule has 0 aliphatic rings. The molecule has 0 radical (unpaired) electrons. The maximum absolute atomic E-state index is 13.1. The van der Waals surface area contributed by atoms with E-state index in [-0.39, 0.29) is 33.8 Å². The zero-order valence-corrected chi connectivity index (χ0v) is 44.9. The average Bonchev–Trinajstić information content (AvgIpc) is 3.41. The maximum Gasteiger partial charge on any atom is 0.343 e. The van der Waals surface area contributed by atoms with Gasteiger partial charge in [-0.2, -0.15) is 0 Å². The Hall–Kier alpha value is -5.94. The summed E-state index contributed by atoms with van der Waals surface area (Å²) in [5, 5.41) is 0. The van der Waals surface area contributed by atoms with Crippen LogP contribution in [-0.2, 0) is 0 Å². The molecular formula is C62H77BrO10. The molecule has 0 heterocycles. The third-order valence-corrected chi connectivity index (χ3v) is 13.3. The normalized spacial score (nSPS) is 10.9. The molecule has 0 unspecified atom stereocenters. The van der Waals surface area contributed by atoms with Gasteiger partial charge in [0.1, 0.15) is 34.5 Å². The van der Waals surface area contributed by atoms with Crippen molar-refractivity contribution >= 4 is 39.8 Å². The van der Waals surface area contributed by atoms with Gasteiger partial charge < -0.3 is 28.4 Å². The highest BCUT2D eigenvalue weighted by atomic mass is 79.9. The second kappa shape index (κ2) is 34.5. The predicted octanol–water partition coefficient (Wildman–Crippen LogP) is 17.5. The zero-order valence-electron chi connectivity index (χ0n) is 43.3. The van der Waals surface area contributed by atoms with Gasteiger partial charge in [0.25, 0.3) is 0 Å². The lowest BCUT2D eigenvalue weighted by molar-refractivity contribution is 0.0713.